The average molecular weight is 302 g/mol. The van der Waals surface area contributed by atoms with Crippen molar-refractivity contribution >= 4 is 21.7 Å². The predicted molar refractivity (Wildman–Crippen MR) is 65.2 cm³/mol. The van der Waals surface area contributed by atoms with Crippen molar-refractivity contribution < 1.29 is 13.9 Å². The lowest BCUT2D eigenvalue weighted by Gasteiger charge is -2.20. The molecule has 1 aromatic carbocycles. The maximum absolute atomic E-state index is 13.3. The Kier molecular flexibility index (Phi) is 3.61. The molecule has 0 amide bonds. The first-order chi connectivity index (χ1) is 8.03. The van der Waals surface area contributed by atoms with E-state index in [1.165, 1.54) is 6.07 Å². The number of hydrogen-bond acceptors (Lipinski definition) is 3. The van der Waals surface area contributed by atoms with E-state index in [2.05, 4.69) is 15.9 Å². The summed E-state index contributed by atoms with van der Waals surface area (Å²) in [4.78, 5) is 12.1. The normalized spacial score (nSPS) is 23.9. The van der Waals surface area contributed by atoms with Gasteiger partial charge in [-0.2, -0.15) is 0 Å². The fourth-order valence-electron chi connectivity index (χ4n) is 1.83. The molecule has 0 bridgehead atoms. The van der Waals surface area contributed by atoms with Crippen molar-refractivity contribution in [2.45, 2.75) is 18.4 Å². The van der Waals surface area contributed by atoms with Crippen molar-refractivity contribution in [3.63, 3.8) is 0 Å². The number of halogens is 2. The molecule has 1 aromatic rings. The minimum atomic E-state index is -0.911. The highest BCUT2D eigenvalue weighted by Crippen LogP contribution is 2.24. The second-order valence-electron chi connectivity index (χ2n) is 4.27. The van der Waals surface area contributed by atoms with Gasteiger partial charge in [0.25, 0.3) is 0 Å². The van der Waals surface area contributed by atoms with Crippen LogP contribution in [0.15, 0.2) is 22.7 Å². The zero-order chi connectivity index (χ0) is 12.5. The molecule has 1 heterocycles. The number of ether oxygens (including phenoxy) is 1. The number of rotatable bonds is 3. The molecule has 1 saturated heterocycles. The van der Waals surface area contributed by atoms with Crippen LogP contribution in [0.5, 0.6) is 0 Å². The molecule has 2 N–H and O–H groups in total. The van der Waals surface area contributed by atoms with E-state index in [1.54, 1.807) is 12.1 Å². The molecular formula is C12H13BrFNO2. The van der Waals surface area contributed by atoms with Crippen LogP contribution < -0.4 is 5.73 Å². The van der Waals surface area contributed by atoms with Gasteiger partial charge in [-0.3, -0.25) is 4.79 Å². The Hall–Kier alpha value is -0.780. The quantitative estimate of drug-likeness (QED) is 0.926. The Morgan fingerprint density at radius 3 is 3.00 bits per heavy atom. The van der Waals surface area contributed by atoms with E-state index in [4.69, 9.17) is 10.5 Å². The molecule has 0 aliphatic carbocycles. The lowest BCUT2D eigenvalue weighted by molar-refractivity contribution is -0.123. The van der Waals surface area contributed by atoms with Gasteiger partial charge in [-0.05, 0) is 34.0 Å². The molecule has 0 radical (unpaired) electrons. The maximum atomic E-state index is 13.3. The van der Waals surface area contributed by atoms with E-state index in [1.807, 2.05) is 0 Å². The molecule has 1 fully saturated rings. The van der Waals surface area contributed by atoms with Crippen molar-refractivity contribution in [3.05, 3.63) is 34.1 Å². The van der Waals surface area contributed by atoms with Gasteiger partial charge in [0.2, 0.25) is 0 Å². The van der Waals surface area contributed by atoms with Gasteiger partial charge < -0.3 is 10.5 Å². The van der Waals surface area contributed by atoms with Crippen LogP contribution >= 0.6 is 15.9 Å². The number of benzene rings is 1. The summed E-state index contributed by atoms with van der Waals surface area (Å²) in [6.07, 6.45) is 0.650. The van der Waals surface area contributed by atoms with Gasteiger partial charge in [-0.1, -0.05) is 12.1 Å². The van der Waals surface area contributed by atoms with Gasteiger partial charge in [-0.15, -0.1) is 0 Å². The minimum Gasteiger partial charge on any atom is -0.379 e. The van der Waals surface area contributed by atoms with Crippen molar-refractivity contribution in [2.75, 3.05) is 13.2 Å². The maximum Gasteiger partial charge on any atom is 0.159 e. The standard InChI is InChI=1S/C12H13BrFNO2/c13-11-8(2-1-3-9(11)14)6-10(16)12(15)4-5-17-7-12/h1-3H,4-7,15H2. The molecule has 1 unspecified atom stereocenters. The summed E-state index contributed by atoms with van der Waals surface area (Å²) in [5.74, 6) is -0.481. The van der Waals surface area contributed by atoms with Gasteiger partial charge in [0.05, 0.1) is 11.1 Å². The van der Waals surface area contributed by atoms with E-state index in [0.717, 1.165) is 0 Å². The van der Waals surface area contributed by atoms with Crippen LogP contribution in [0, 0.1) is 5.82 Å². The van der Waals surface area contributed by atoms with Crippen LogP contribution in [0.3, 0.4) is 0 Å². The zero-order valence-corrected chi connectivity index (χ0v) is 10.8. The molecule has 5 heteroatoms. The van der Waals surface area contributed by atoms with Crippen molar-refractivity contribution in [1.82, 2.24) is 0 Å². The topological polar surface area (TPSA) is 52.3 Å². The highest BCUT2D eigenvalue weighted by molar-refractivity contribution is 9.10. The minimum absolute atomic E-state index is 0.110. The third kappa shape index (κ3) is 2.56. The van der Waals surface area contributed by atoms with E-state index in [9.17, 15) is 9.18 Å². The average Bonchev–Trinajstić information content (AvgIpc) is 2.73. The van der Waals surface area contributed by atoms with Crippen LogP contribution in [-0.2, 0) is 16.0 Å². The molecule has 0 aromatic heterocycles. The lowest BCUT2D eigenvalue weighted by Crippen LogP contribution is -2.49. The van der Waals surface area contributed by atoms with Crippen LogP contribution in [0.1, 0.15) is 12.0 Å². The molecule has 2 rings (SSSR count). The number of Topliss-reactive ketones (excluding diaryl/α,β-unsaturated/α-hetero) is 1. The first kappa shape index (κ1) is 12.7. The second-order valence-corrected chi connectivity index (χ2v) is 5.06. The van der Waals surface area contributed by atoms with Gasteiger partial charge >= 0.3 is 0 Å². The predicted octanol–water partition coefficient (Wildman–Crippen LogP) is 1.82. The Morgan fingerprint density at radius 2 is 2.35 bits per heavy atom. The Morgan fingerprint density at radius 1 is 1.59 bits per heavy atom. The number of carbonyl (C=O) groups excluding carboxylic acids is 1. The molecular weight excluding hydrogens is 289 g/mol. The fourth-order valence-corrected chi connectivity index (χ4v) is 2.24. The van der Waals surface area contributed by atoms with Crippen molar-refractivity contribution in [1.29, 1.82) is 0 Å². The molecule has 0 spiro atoms. The summed E-state index contributed by atoms with van der Waals surface area (Å²) >= 11 is 3.14. The highest BCUT2D eigenvalue weighted by Gasteiger charge is 2.37. The van der Waals surface area contributed by atoms with Gasteiger partial charge in [0.15, 0.2) is 5.78 Å². The third-order valence-electron chi connectivity index (χ3n) is 2.99. The Labute approximate surface area is 107 Å². The van der Waals surface area contributed by atoms with Gasteiger partial charge in [0.1, 0.15) is 11.4 Å². The van der Waals surface area contributed by atoms with Crippen LogP contribution in [0.2, 0.25) is 0 Å². The summed E-state index contributed by atoms with van der Waals surface area (Å²) in [6.45, 7) is 0.755. The van der Waals surface area contributed by atoms with E-state index in [0.29, 0.717) is 23.1 Å². The van der Waals surface area contributed by atoms with Crippen molar-refractivity contribution in [3.8, 4) is 0 Å². The molecule has 17 heavy (non-hydrogen) atoms. The zero-order valence-electron chi connectivity index (χ0n) is 9.21. The summed E-state index contributed by atoms with van der Waals surface area (Å²) in [6, 6.07) is 4.64. The van der Waals surface area contributed by atoms with Crippen LogP contribution in [0.25, 0.3) is 0 Å². The SMILES string of the molecule is NC1(C(=O)Cc2cccc(F)c2Br)CCOC1. The highest BCUT2D eigenvalue weighted by atomic mass is 79.9. The molecule has 3 nitrogen and oxygen atoms in total. The summed E-state index contributed by atoms with van der Waals surface area (Å²) in [5, 5.41) is 0. The van der Waals surface area contributed by atoms with E-state index in [-0.39, 0.29) is 24.6 Å². The Bertz CT molecular complexity index is 444. The molecule has 1 aliphatic heterocycles. The summed E-state index contributed by atoms with van der Waals surface area (Å²) in [5.41, 5.74) is 5.66. The molecule has 1 aliphatic rings. The number of nitrogens with two attached hydrogens (primary N) is 1. The number of ketones is 1. The van der Waals surface area contributed by atoms with Gasteiger partial charge in [0, 0.05) is 13.0 Å². The summed E-state index contributed by atoms with van der Waals surface area (Å²) in [7, 11) is 0. The molecule has 92 valence electrons. The Balaban J connectivity index is 2.16. The summed E-state index contributed by atoms with van der Waals surface area (Å²) < 4.78 is 18.8. The smallest absolute Gasteiger partial charge is 0.159 e. The molecule has 1 atom stereocenters. The largest absolute Gasteiger partial charge is 0.379 e. The van der Waals surface area contributed by atoms with Crippen LogP contribution in [-0.4, -0.2) is 24.5 Å². The van der Waals surface area contributed by atoms with E-state index >= 15 is 0 Å². The third-order valence-corrected chi connectivity index (χ3v) is 3.88. The molecule has 0 saturated carbocycles. The monoisotopic (exact) mass is 301 g/mol. The first-order valence-electron chi connectivity index (χ1n) is 5.36. The van der Waals surface area contributed by atoms with Crippen molar-refractivity contribution in [2.24, 2.45) is 5.73 Å². The fraction of sp³-hybridized carbons (Fsp3) is 0.417. The number of carbonyl (C=O) groups is 1. The second kappa shape index (κ2) is 4.84. The lowest BCUT2D eigenvalue weighted by atomic mass is 9.90. The first-order valence-corrected chi connectivity index (χ1v) is 6.15. The van der Waals surface area contributed by atoms with Crippen LogP contribution in [0.4, 0.5) is 4.39 Å². The van der Waals surface area contributed by atoms with Gasteiger partial charge in [-0.25, -0.2) is 4.39 Å². The number of hydrogen-bond donors (Lipinski definition) is 1. The van der Waals surface area contributed by atoms with E-state index < -0.39 is 5.54 Å².